The molecule has 2 atom stereocenters. The van der Waals surface area contributed by atoms with Crippen molar-refractivity contribution in [2.45, 2.75) is 43.9 Å². The minimum atomic E-state index is -4.83. The van der Waals surface area contributed by atoms with Crippen molar-refractivity contribution >= 4 is 28.3 Å². The summed E-state index contributed by atoms with van der Waals surface area (Å²) in [6.45, 7) is 1.21. The number of hydroxylamine groups is 3. The molecule has 2 bridgehead atoms. The standard InChI is InChI=1S/C13H22N6O7S/c14-12(15)17-5-3-9(4-6-17)25-16-11(20)10-2-1-8-7-18(10)13(21)19(8)26-27(22,23)24/h8-10H,1-7H2,(H3,14,15)(H,16,20)(H,22,23,24). The molecule has 0 aliphatic carbocycles. The van der Waals surface area contributed by atoms with E-state index in [4.69, 9.17) is 20.5 Å². The third-order valence-electron chi connectivity index (χ3n) is 4.91. The van der Waals surface area contributed by atoms with E-state index < -0.39 is 34.4 Å². The lowest BCUT2D eigenvalue weighted by molar-refractivity contribution is -0.145. The van der Waals surface area contributed by atoms with E-state index in [-0.39, 0.29) is 18.6 Å². The molecule has 3 fully saturated rings. The number of amides is 3. The van der Waals surface area contributed by atoms with Gasteiger partial charge >= 0.3 is 16.4 Å². The van der Waals surface area contributed by atoms with Gasteiger partial charge in [0, 0.05) is 19.6 Å². The number of carbonyl (C=O) groups is 2. The number of hydrogen-bond acceptors (Lipinski definition) is 7. The predicted molar refractivity (Wildman–Crippen MR) is 89.1 cm³/mol. The van der Waals surface area contributed by atoms with Crippen molar-refractivity contribution in [1.82, 2.24) is 20.3 Å². The molecule has 0 spiro atoms. The highest BCUT2D eigenvalue weighted by Crippen LogP contribution is 2.30. The fraction of sp³-hybridized carbons (Fsp3) is 0.769. The Kier molecular flexibility index (Phi) is 5.41. The molecule has 3 rings (SSSR count). The lowest BCUT2D eigenvalue weighted by Gasteiger charge is -2.33. The van der Waals surface area contributed by atoms with E-state index in [0.717, 1.165) is 0 Å². The van der Waals surface area contributed by atoms with Crippen molar-refractivity contribution in [3.8, 4) is 0 Å². The fourth-order valence-corrected chi connectivity index (χ4v) is 3.92. The maximum Gasteiger partial charge on any atom is 0.418 e. The van der Waals surface area contributed by atoms with E-state index in [1.54, 1.807) is 4.90 Å². The average Bonchev–Trinajstić information content (AvgIpc) is 2.83. The Balaban J connectivity index is 1.51. The zero-order chi connectivity index (χ0) is 19.8. The first kappa shape index (κ1) is 19.6. The number of guanidine groups is 1. The minimum Gasteiger partial charge on any atom is -0.370 e. The number of likely N-dealkylation sites (tertiary alicyclic amines) is 1. The molecule has 0 aromatic rings. The van der Waals surface area contributed by atoms with Gasteiger partial charge in [-0.05, 0) is 25.7 Å². The second-order valence-corrected chi connectivity index (χ2v) is 7.67. The number of urea groups is 1. The van der Waals surface area contributed by atoms with E-state index in [9.17, 15) is 18.0 Å². The number of carbonyl (C=O) groups excluding carboxylic acids is 2. The van der Waals surface area contributed by atoms with Crippen molar-refractivity contribution in [2.75, 3.05) is 19.6 Å². The molecule has 0 saturated carbocycles. The molecule has 5 N–H and O–H groups in total. The van der Waals surface area contributed by atoms with Gasteiger partial charge in [-0.25, -0.2) is 10.3 Å². The third kappa shape index (κ3) is 4.40. The van der Waals surface area contributed by atoms with Crippen LogP contribution in [0.1, 0.15) is 25.7 Å². The molecule has 3 heterocycles. The molecule has 27 heavy (non-hydrogen) atoms. The van der Waals surface area contributed by atoms with Crippen molar-refractivity contribution < 1.29 is 31.7 Å². The van der Waals surface area contributed by atoms with Gasteiger partial charge in [-0.1, -0.05) is 0 Å². The molecular weight excluding hydrogens is 384 g/mol. The molecule has 3 amide bonds. The zero-order valence-electron chi connectivity index (χ0n) is 14.4. The quantitative estimate of drug-likeness (QED) is 0.181. The Labute approximate surface area is 155 Å². The Morgan fingerprint density at radius 3 is 2.52 bits per heavy atom. The summed E-state index contributed by atoms with van der Waals surface area (Å²) in [6.07, 6.45) is 1.60. The molecule has 3 aliphatic rings. The number of fused-ring (bicyclic) bond motifs is 2. The largest absolute Gasteiger partial charge is 0.418 e. The highest BCUT2D eigenvalue weighted by molar-refractivity contribution is 7.80. The van der Waals surface area contributed by atoms with Crippen LogP contribution in [-0.4, -0.2) is 83.6 Å². The van der Waals surface area contributed by atoms with Gasteiger partial charge in [-0.3, -0.25) is 19.6 Å². The first-order valence-corrected chi connectivity index (χ1v) is 9.83. The minimum absolute atomic E-state index is 0.00143. The van der Waals surface area contributed by atoms with Crippen LogP contribution in [0, 0.1) is 5.41 Å². The van der Waals surface area contributed by atoms with E-state index in [2.05, 4.69) is 9.76 Å². The van der Waals surface area contributed by atoms with Gasteiger partial charge in [0.05, 0.1) is 12.1 Å². The normalized spacial score (nSPS) is 26.4. The molecule has 152 valence electrons. The smallest absolute Gasteiger partial charge is 0.370 e. The second kappa shape index (κ2) is 7.46. The summed E-state index contributed by atoms with van der Waals surface area (Å²) >= 11 is 0. The first-order chi connectivity index (χ1) is 12.7. The summed E-state index contributed by atoms with van der Waals surface area (Å²) in [5, 5.41) is 7.97. The molecule has 3 aliphatic heterocycles. The van der Waals surface area contributed by atoms with Crippen LogP contribution in [0.3, 0.4) is 0 Å². The fourth-order valence-electron chi connectivity index (χ4n) is 3.53. The average molecular weight is 406 g/mol. The van der Waals surface area contributed by atoms with Gasteiger partial charge in [-0.15, -0.1) is 4.28 Å². The van der Waals surface area contributed by atoms with Gasteiger partial charge in [0.2, 0.25) is 0 Å². The lowest BCUT2D eigenvalue weighted by atomic mass is 10.0. The molecule has 14 heteroatoms. The maximum atomic E-state index is 12.4. The van der Waals surface area contributed by atoms with Crippen molar-refractivity contribution in [3.05, 3.63) is 0 Å². The highest BCUT2D eigenvalue weighted by Gasteiger charge is 2.49. The van der Waals surface area contributed by atoms with Crippen LogP contribution in [-0.2, 0) is 24.3 Å². The number of piperidine rings is 2. The second-order valence-electron chi connectivity index (χ2n) is 6.67. The summed E-state index contributed by atoms with van der Waals surface area (Å²) in [4.78, 5) is 33.0. The Morgan fingerprint density at radius 1 is 1.26 bits per heavy atom. The lowest BCUT2D eigenvalue weighted by Crippen LogP contribution is -2.51. The number of nitrogens with two attached hydrogens (primary N) is 1. The van der Waals surface area contributed by atoms with Gasteiger partial charge in [0.15, 0.2) is 5.96 Å². The van der Waals surface area contributed by atoms with Gasteiger partial charge in [0.25, 0.3) is 5.91 Å². The molecule has 3 saturated heterocycles. The van der Waals surface area contributed by atoms with Crippen LogP contribution in [0.15, 0.2) is 0 Å². The van der Waals surface area contributed by atoms with Crippen molar-refractivity contribution in [1.29, 1.82) is 5.41 Å². The molecule has 2 unspecified atom stereocenters. The number of hydrogen-bond donors (Lipinski definition) is 4. The van der Waals surface area contributed by atoms with Gasteiger partial charge in [-0.2, -0.15) is 13.5 Å². The summed E-state index contributed by atoms with van der Waals surface area (Å²) < 4.78 is 34.9. The third-order valence-corrected chi connectivity index (χ3v) is 5.26. The van der Waals surface area contributed by atoms with Gasteiger partial charge < -0.3 is 15.5 Å². The van der Waals surface area contributed by atoms with Crippen LogP contribution in [0.2, 0.25) is 0 Å². The van der Waals surface area contributed by atoms with E-state index in [1.165, 1.54) is 4.90 Å². The zero-order valence-corrected chi connectivity index (χ0v) is 15.2. The van der Waals surface area contributed by atoms with Crippen molar-refractivity contribution in [3.63, 3.8) is 0 Å². The Hall–Kier alpha value is -2.16. The summed E-state index contributed by atoms with van der Waals surface area (Å²) in [5.41, 5.74) is 7.79. The monoisotopic (exact) mass is 406 g/mol. The number of nitrogens with one attached hydrogen (secondary N) is 2. The molecule has 0 aromatic heterocycles. The molecular formula is C13H22N6O7S. The van der Waals surface area contributed by atoms with Crippen LogP contribution in [0.5, 0.6) is 0 Å². The Morgan fingerprint density at radius 2 is 1.93 bits per heavy atom. The van der Waals surface area contributed by atoms with Crippen molar-refractivity contribution in [2.24, 2.45) is 5.73 Å². The topological polar surface area (TPSA) is 179 Å². The van der Waals surface area contributed by atoms with E-state index in [1.807, 2.05) is 0 Å². The van der Waals surface area contributed by atoms with Crippen LogP contribution in [0.4, 0.5) is 4.79 Å². The predicted octanol–water partition coefficient (Wildman–Crippen LogP) is -1.60. The SMILES string of the molecule is N=C(N)N1CCC(ONC(=O)C2CCC3CN2C(=O)N3OS(=O)(=O)O)CC1. The van der Waals surface area contributed by atoms with Crippen LogP contribution < -0.4 is 11.2 Å². The van der Waals surface area contributed by atoms with E-state index >= 15 is 0 Å². The van der Waals surface area contributed by atoms with E-state index in [0.29, 0.717) is 43.8 Å². The van der Waals surface area contributed by atoms with Gasteiger partial charge in [0.1, 0.15) is 6.04 Å². The first-order valence-electron chi connectivity index (χ1n) is 8.47. The highest BCUT2D eigenvalue weighted by atomic mass is 32.3. The molecule has 13 nitrogen and oxygen atoms in total. The Bertz CT molecular complexity index is 723. The summed E-state index contributed by atoms with van der Waals surface area (Å²) in [6, 6.07) is -2.17. The number of nitrogens with zero attached hydrogens (tertiary/aromatic N) is 3. The maximum absolute atomic E-state index is 12.4. The van der Waals surface area contributed by atoms with Crippen LogP contribution >= 0.6 is 0 Å². The number of rotatable bonds is 5. The molecule has 0 aromatic carbocycles. The summed E-state index contributed by atoms with van der Waals surface area (Å²) in [7, 11) is -4.83. The molecule has 0 radical (unpaired) electrons. The summed E-state index contributed by atoms with van der Waals surface area (Å²) in [5.74, 6) is -0.511. The van der Waals surface area contributed by atoms with Crippen LogP contribution in [0.25, 0.3) is 0 Å².